The SMILES string of the molecule is CCN(CC)c1ccc(/C(c2ccc(N(CC)CCO)cc2C)=c2/cc/c(=C(\C)[NH2+]CCO)cc2C)cc1.[Cl-]. The molecule has 5 nitrogen and oxygen atoms in total. The molecular formula is C33H46ClN3O2. The Morgan fingerprint density at radius 2 is 1.38 bits per heavy atom. The lowest BCUT2D eigenvalue weighted by molar-refractivity contribution is -0.568. The zero-order valence-corrected chi connectivity index (χ0v) is 25.2. The molecule has 0 atom stereocenters. The number of rotatable bonds is 12. The fourth-order valence-electron chi connectivity index (χ4n) is 5.19. The van der Waals surface area contributed by atoms with Crippen molar-refractivity contribution in [3.63, 3.8) is 0 Å². The third kappa shape index (κ3) is 7.86. The summed E-state index contributed by atoms with van der Waals surface area (Å²) in [4.78, 5) is 4.57. The van der Waals surface area contributed by atoms with E-state index in [0.29, 0.717) is 13.1 Å². The molecule has 4 N–H and O–H groups in total. The summed E-state index contributed by atoms with van der Waals surface area (Å²) >= 11 is 0. The van der Waals surface area contributed by atoms with Crippen molar-refractivity contribution in [2.75, 3.05) is 55.7 Å². The highest BCUT2D eigenvalue weighted by Crippen LogP contribution is 2.29. The summed E-state index contributed by atoms with van der Waals surface area (Å²) < 4.78 is 0. The highest BCUT2D eigenvalue weighted by atomic mass is 35.5. The van der Waals surface area contributed by atoms with Gasteiger partial charge >= 0.3 is 0 Å². The molecule has 0 aliphatic heterocycles. The normalized spacial score (nSPS) is 12.5. The summed E-state index contributed by atoms with van der Waals surface area (Å²) in [6.45, 7) is 17.4. The molecule has 0 aliphatic rings. The van der Waals surface area contributed by atoms with Crippen molar-refractivity contribution in [1.29, 1.82) is 0 Å². The van der Waals surface area contributed by atoms with Crippen molar-refractivity contribution >= 4 is 22.6 Å². The molecule has 0 unspecified atom stereocenters. The smallest absolute Gasteiger partial charge is 0.110 e. The summed E-state index contributed by atoms with van der Waals surface area (Å²) in [5.41, 5.74) is 9.63. The van der Waals surface area contributed by atoms with Crippen LogP contribution in [0.5, 0.6) is 0 Å². The van der Waals surface area contributed by atoms with Crippen molar-refractivity contribution in [1.82, 2.24) is 0 Å². The average molecular weight is 552 g/mol. The minimum absolute atomic E-state index is 0. The van der Waals surface area contributed by atoms with Gasteiger partial charge in [-0.2, -0.15) is 0 Å². The molecule has 0 aromatic heterocycles. The predicted octanol–water partition coefficient (Wildman–Crippen LogP) is -0.0967. The third-order valence-electron chi connectivity index (χ3n) is 7.41. The molecule has 0 radical (unpaired) electrons. The van der Waals surface area contributed by atoms with Gasteiger partial charge < -0.3 is 37.7 Å². The van der Waals surface area contributed by atoms with Gasteiger partial charge in [0.2, 0.25) is 0 Å². The summed E-state index contributed by atoms with van der Waals surface area (Å²) in [5.74, 6) is 0. The van der Waals surface area contributed by atoms with Crippen LogP contribution < -0.4 is 38.0 Å². The number of halogens is 1. The van der Waals surface area contributed by atoms with Crippen molar-refractivity contribution in [2.45, 2.75) is 41.5 Å². The molecular weight excluding hydrogens is 506 g/mol. The first-order chi connectivity index (χ1) is 18.4. The molecule has 0 fully saturated rings. The lowest BCUT2D eigenvalue weighted by Crippen LogP contribution is -3.00. The van der Waals surface area contributed by atoms with Crippen LogP contribution in [0.1, 0.15) is 49.9 Å². The maximum Gasteiger partial charge on any atom is 0.110 e. The van der Waals surface area contributed by atoms with Crippen LogP contribution in [-0.2, 0) is 0 Å². The van der Waals surface area contributed by atoms with E-state index >= 15 is 0 Å². The minimum Gasteiger partial charge on any atom is -1.00 e. The molecule has 0 saturated heterocycles. The molecule has 39 heavy (non-hydrogen) atoms. The number of nitrogens with zero attached hydrogens (tertiary/aromatic N) is 2. The van der Waals surface area contributed by atoms with Crippen LogP contribution in [0.15, 0.2) is 60.7 Å². The van der Waals surface area contributed by atoms with E-state index in [1.54, 1.807) is 0 Å². The maximum atomic E-state index is 9.51. The highest BCUT2D eigenvalue weighted by Gasteiger charge is 2.14. The van der Waals surface area contributed by atoms with Gasteiger partial charge in [0.05, 0.1) is 13.2 Å². The molecule has 0 bridgehead atoms. The van der Waals surface area contributed by atoms with Crippen LogP contribution in [0, 0.1) is 13.8 Å². The van der Waals surface area contributed by atoms with Crippen LogP contribution in [-0.4, -0.2) is 56.2 Å². The topological polar surface area (TPSA) is 63.5 Å². The van der Waals surface area contributed by atoms with Gasteiger partial charge in [-0.15, -0.1) is 0 Å². The van der Waals surface area contributed by atoms with E-state index in [4.69, 9.17) is 0 Å². The second kappa shape index (κ2) is 15.7. The fraction of sp³-hybridized carbons (Fsp3) is 0.394. The number of anilines is 2. The van der Waals surface area contributed by atoms with Crippen LogP contribution in [0.3, 0.4) is 0 Å². The minimum atomic E-state index is 0. The number of hydrogen-bond donors (Lipinski definition) is 3. The van der Waals surface area contributed by atoms with Gasteiger partial charge in [-0.3, -0.25) is 0 Å². The van der Waals surface area contributed by atoms with Gasteiger partial charge in [0, 0.05) is 49.7 Å². The van der Waals surface area contributed by atoms with Crippen LogP contribution in [0.25, 0.3) is 11.3 Å². The zero-order chi connectivity index (χ0) is 27.7. The van der Waals surface area contributed by atoms with Gasteiger partial charge in [0.25, 0.3) is 0 Å². The second-order valence-electron chi connectivity index (χ2n) is 9.83. The van der Waals surface area contributed by atoms with Gasteiger partial charge in [-0.25, -0.2) is 0 Å². The van der Waals surface area contributed by atoms with Gasteiger partial charge in [0.15, 0.2) is 0 Å². The van der Waals surface area contributed by atoms with Gasteiger partial charge in [-0.1, -0.05) is 24.3 Å². The first kappa shape index (κ1) is 32.4. The van der Waals surface area contributed by atoms with Crippen LogP contribution in [0.4, 0.5) is 11.4 Å². The van der Waals surface area contributed by atoms with E-state index < -0.39 is 0 Å². The molecule has 3 aromatic rings. The Bertz CT molecular complexity index is 1320. The average Bonchev–Trinajstić information content (AvgIpc) is 2.93. The van der Waals surface area contributed by atoms with E-state index in [1.165, 1.54) is 49.6 Å². The number of hydrogen-bond acceptors (Lipinski definition) is 4. The molecule has 0 amide bonds. The van der Waals surface area contributed by atoms with Gasteiger partial charge in [0.1, 0.15) is 12.2 Å². The number of aliphatic hydroxyl groups is 2. The van der Waals surface area contributed by atoms with Crippen molar-refractivity contribution < 1.29 is 27.9 Å². The first-order valence-electron chi connectivity index (χ1n) is 14.0. The number of likely N-dealkylation sites (N-methyl/N-ethyl adjacent to an activating group) is 1. The zero-order valence-electron chi connectivity index (χ0n) is 24.5. The summed E-state index contributed by atoms with van der Waals surface area (Å²) in [7, 11) is 0. The van der Waals surface area contributed by atoms with Crippen LogP contribution >= 0.6 is 0 Å². The predicted molar refractivity (Wildman–Crippen MR) is 161 cm³/mol. The summed E-state index contributed by atoms with van der Waals surface area (Å²) in [6.07, 6.45) is 0. The molecule has 3 rings (SSSR count). The van der Waals surface area contributed by atoms with E-state index in [2.05, 4.69) is 117 Å². The molecule has 0 spiro atoms. The number of benzene rings is 3. The van der Waals surface area contributed by atoms with E-state index in [-0.39, 0.29) is 25.6 Å². The number of nitrogens with two attached hydrogens (primary N) is 1. The summed E-state index contributed by atoms with van der Waals surface area (Å²) in [6, 6.07) is 22.3. The Labute approximate surface area is 240 Å². The first-order valence-corrected chi connectivity index (χ1v) is 14.0. The van der Waals surface area contributed by atoms with E-state index in [1.807, 2.05) is 0 Å². The van der Waals surface area contributed by atoms with Crippen molar-refractivity contribution in [3.05, 3.63) is 93.4 Å². The number of aryl methyl sites for hydroxylation is 2. The second-order valence-corrected chi connectivity index (χ2v) is 9.83. The Kier molecular flexibility index (Phi) is 13.0. The quantitative estimate of drug-likeness (QED) is 0.294. The third-order valence-corrected chi connectivity index (χ3v) is 7.41. The number of quaternary nitrogens is 1. The van der Waals surface area contributed by atoms with Crippen molar-refractivity contribution in [3.8, 4) is 0 Å². The highest BCUT2D eigenvalue weighted by molar-refractivity contribution is 5.83. The standard InChI is InChI=1S/C33H45N3O2.ClH/c1-7-35(8-2)29-13-10-27(11-14-29)33(31-16-12-28(22-24(31)4)26(6)34-18-20-37)32-17-15-30(23-25(32)5)36(9-3)19-21-38;/h10-17,22-23,34,37-38H,7-9,18-21H2,1-6H3;1H/b28-26-,33-31+;. The Hall–Kier alpha value is -2.83. The van der Waals surface area contributed by atoms with E-state index in [0.717, 1.165) is 25.3 Å². The van der Waals surface area contributed by atoms with E-state index in [9.17, 15) is 10.2 Å². The Morgan fingerprint density at radius 1 is 0.744 bits per heavy atom. The fourth-order valence-corrected chi connectivity index (χ4v) is 5.19. The molecule has 6 heteroatoms. The molecule has 0 aliphatic carbocycles. The van der Waals surface area contributed by atoms with Crippen LogP contribution in [0.2, 0.25) is 0 Å². The Morgan fingerprint density at radius 3 is 1.92 bits per heavy atom. The molecule has 0 saturated carbocycles. The monoisotopic (exact) mass is 551 g/mol. The lowest BCUT2D eigenvalue weighted by Gasteiger charge is -2.24. The van der Waals surface area contributed by atoms with Crippen molar-refractivity contribution in [2.24, 2.45) is 0 Å². The Balaban J connectivity index is 0.00000533. The molecule has 212 valence electrons. The maximum absolute atomic E-state index is 9.51. The molecule has 3 aromatic carbocycles. The molecule has 0 heterocycles. The largest absolute Gasteiger partial charge is 1.00 e. The van der Waals surface area contributed by atoms with Gasteiger partial charge in [-0.05, 0) is 104 Å². The summed E-state index contributed by atoms with van der Waals surface area (Å²) in [5, 5.41) is 23.2. The lowest BCUT2D eigenvalue weighted by atomic mass is 9.90. The number of aliphatic hydroxyl groups excluding tert-OH is 2.